The molecule has 2 rings (SSSR count). The number of benzene rings is 1. The van der Waals surface area contributed by atoms with Crippen LogP contribution in [0.2, 0.25) is 0 Å². The van der Waals surface area contributed by atoms with Crippen molar-refractivity contribution in [3.05, 3.63) is 48.0 Å². The van der Waals surface area contributed by atoms with Gasteiger partial charge in [0.15, 0.2) is 0 Å². The summed E-state index contributed by atoms with van der Waals surface area (Å²) >= 11 is 0. The van der Waals surface area contributed by atoms with E-state index in [1.807, 2.05) is 47.4 Å². The normalized spacial score (nSPS) is 17.1. The molecule has 1 saturated heterocycles. The first-order valence-electron chi connectivity index (χ1n) is 10.2. The Bertz CT molecular complexity index is 668. The number of ether oxygens (including phenoxy) is 1. The van der Waals surface area contributed by atoms with E-state index in [4.69, 9.17) is 0 Å². The van der Waals surface area contributed by atoms with Crippen LogP contribution in [0.1, 0.15) is 56.9 Å². The van der Waals surface area contributed by atoms with Gasteiger partial charge < -0.3 is 9.64 Å². The molecule has 1 atom stereocenters. The Hall–Kier alpha value is -2.43. The quantitative estimate of drug-likeness (QED) is 0.330. The first-order valence-corrected chi connectivity index (χ1v) is 10.2. The number of methoxy groups -OCH3 is 1. The second-order valence-corrected chi connectivity index (χ2v) is 7.27. The number of Topliss-reactive ketones (excluding diaryl/α,β-unsaturated/α-hetero) is 1. The molecular formula is C23H31NO4. The highest BCUT2D eigenvalue weighted by Crippen LogP contribution is 2.22. The fraction of sp³-hybridized carbons (Fsp3) is 0.522. The monoisotopic (exact) mass is 385 g/mol. The Morgan fingerprint density at radius 1 is 1.18 bits per heavy atom. The molecule has 28 heavy (non-hydrogen) atoms. The highest BCUT2D eigenvalue weighted by Gasteiger charge is 2.27. The molecule has 152 valence electrons. The number of ketones is 1. The molecule has 1 aliphatic heterocycles. The molecule has 5 nitrogen and oxygen atoms in total. The maximum absolute atomic E-state index is 12.3. The standard InChI is InChI=1S/C23H31NO4/c1-28-23(27)14-7-2-3-8-17-24-20(12-9-13-22(24)26)15-16-21(25)18-19-10-5-4-6-11-19/h3-6,8,10-11,20H,2,7,9,12-18H2,1H3/b8-3-. The van der Waals surface area contributed by atoms with Crippen LogP contribution in [0.3, 0.4) is 0 Å². The van der Waals surface area contributed by atoms with Crippen LogP contribution in [0.15, 0.2) is 42.5 Å². The lowest BCUT2D eigenvalue weighted by atomic mass is 9.95. The Balaban J connectivity index is 1.76. The van der Waals surface area contributed by atoms with E-state index in [1.54, 1.807) is 0 Å². The van der Waals surface area contributed by atoms with Crippen molar-refractivity contribution in [2.75, 3.05) is 13.7 Å². The van der Waals surface area contributed by atoms with Gasteiger partial charge >= 0.3 is 5.97 Å². The topological polar surface area (TPSA) is 63.7 Å². The molecule has 0 radical (unpaired) electrons. The minimum atomic E-state index is -0.195. The van der Waals surface area contributed by atoms with Crippen LogP contribution >= 0.6 is 0 Å². The molecular weight excluding hydrogens is 354 g/mol. The van der Waals surface area contributed by atoms with Crippen LogP contribution in [0, 0.1) is 0 Å². The number of unbranched alkanes of at least 4 members (excludes halogenated alkanes) is 1. The Kier molecular flexibility index (Phi) is 9.46. The second kappa shape index (κ2) is 12.1. The highest BCUT2D eigenvalue weighted by atomic mass is 16.5. The predicted molar refractivity (Wildman–Crippen MR) is 109 cm³/mol. The number of rotatable bonds is 11. The van der Waals surface area contributed by atoms with E-state index in [2.05, 4.69) is 4.74 Å². The van der Waals surface area contributed by atoms with E-state index in [0.717, 1.165) is 37.7 Å². The molecule has 1 aromatic carbocycles. The zero-order valence-electron chi connectivity index (χ0n) is 16.8. The highest BCUT2D eigenvalue weighted by molar-refractivity contribution is 5.81. The molecule has 1 aliphatic rings. The van der Waals surface area contributed by atoms with Crippen molar-refractivity contribution >= 4 is 17.7 Å². The van der Waals surface area contributed by atoms with Gasteiger partial charge in [-0.05, 0) is 37.7 Å². The number of allylic oxidation sites excluding steroid dienone is 1. The van der Waals surface area contributed by atoms with Crippen molar-refractivity contribution in [3.8, 4) is 0 Å². The SMILES string of the molecule is COC(=O)CCC/C=C\CN1C(=O)CCCC1CCC(=O)Cc1ccccc1. The molecule has 0 N–H and O–H groups in total. The van der Waals surface area contributed by atoms with E-state index in [9.17, 15) is 14.4 Å². The number of hydrogen-bond donors (Lipinski definition) is 0. The second-order valence-electron chi connectivity index (χ2n) is 7.27. The third-order valence-electron chi connectivity index (χ3n) is 5.14. The van der Waals surface area contributed by atoms with Crippen LogP contribution in [-0.2, 0) is 25.5 Å². The zero-order valence-corrected chi connectivity index (χ0v) is 16.8. The van der Waals surface area contributed by atoms with Gasteiger partial charge in [-0.15, -0.1) is 0 Å². The molecule has 1 fully saturated rings. The Morgan fingerprint density at radius 2 is 1.96 bits per heavy atom. The summed E-state index contributed by atoms with van der Waals surface area (Å²) in [5, 5.41) is 0. The van der Waals surface area contributed by atoms with Gasteiger partial charge in [0.25, 0.3) is 0 Å². The first kappa shape index (κ1) is 21.9. The van der Waals surface area contributed by atoms with Gasteiger partial charge in [-0.1, -0.05) is 42.5 Å². The zero-order chi connectivity index (χ0) is 20.2. The lowest BCUT2D eigenvalue weighted by molar-refractivity contribution is -0.140. The third kappa shape index (κ3) is 7.67. The van der Waals surface area contributed by atoms with Gasteiger partial charge in [0, 0.05) is 38.3 Å². The van der Waals surface area contributed by atoms with Gasteiger partial charge in [0.2, 0.25) is 5.91 Å². The molecule has 1 amide bonds. The number of piperidine rings is 1. The van der Waals surface area contributed by atoms with E-state index in [1.165, 1.54) is 7.11 Å². The van der Waals surface area contributed by atoms with Crippen molar-refractivity contribution in [2.45, 2.75) is 63.8 Å². The molecule has 0 aromatic heterocycles. The van der Waals surface area contributed by atoms with Gasteiger partial charge in [-0.3, -0.25) is 14.4 Å². The summed E-state index contributed by atoms with van der Waals surface area (Å²) in [7, 11) is 1.39. The Morgan fingerprint density at radius 3 is 2.71 bits per heavy atom. The summed E-state index contributed by atoms with van der Waals surface area (Å²) < 4.78 is 4.62. The van der Waals surface area contributed by atoms with Crippen LogP contribution in [0.4, 0.5) is 0 Å². The molecule has 0 bridgehead atoms. The molecule has 1 aromatic rings. The number of nitrogens with zero attached hydrogens (tertiary/aromatic N) is 1. The number of likely N-dealkylation sites (tertiary alicyclic amines) is 1. The molecule has 1 heterocycles. The van der Waals surface area contributed by atoms with Crippen molar-refractivity contribution in [3.63, 3.8) is 0 Å². The fourth-order valence-electron chi connectivity index (χ4n) is 3.55. The third-order valence-corrected chi connectivity index (χ3v) is 5.14. The average molecular weight is 386 g/mol. The maximum Gasteiger partial charge on any atom is 0.305 e. The maximum atomic E-state index is 12.3. The summed E-state index contributed by atoms with van der Waals surface area (Å²) in [5.74, 6) is 0.202. The Labute approximate surface area is 167 Å². The summed E-state index contributed by atoms with van der Waals surface area (Å²) in [5.41, 5.74) is 1.04. The largest absolute Gasteiger partial charge is 0.469 e. The molecule has 0 spiro atoms. The number of amides is 1. The number of esters is 1. The molecule has 1 unspecified atom stereocenters. The summed E-state index contributed by atoms with van der Waals surface area (Å²) in [6.45, 7) is 0.578. The lowest BCUT2D eigenvalue weighted by Gasteiger charge is -2.35. The minimum absolute atomic E-state index is 0.140. The van der Waals surface area contributed by atoms with Gasteiger partial charge in [0.05, 0.1) is 7.11 Å². The van der Waals surface area contributed by atoms with Crippen LogP contribution in [0.25, 0.3) is 0 Å². The van der Waals surface area contributed by atoms with Crippen LogP contribution < -0.4 is 0 Å². The van der Waals surface area contributed by atoms with Crippen molar-refractivity contribution in [2.24, 2.45) is 0 Å². The first-order chi connectivity index (χ1) is 13.6. The van der Waals surface area contributed by atoms with Crippen LogP contribution in [0.5, 0.6) is 0 Å². The number of carbonyl (C=O) groups excluding carboxylic acids is 3. The van der Waals surface area contributed by atoms with Crippen LogP contribution in [-0.4, -0.2) is 42.3 Å². The molecule has 0 aliphatic carbocycles. The van der Waals surface area contributed by atoms with Gasteiger partial charge in [-0.2, -0.15) is 0 Å². The lowest BCUT2D eigenvalue weighted by Crippen LogP contribution is -2.43. The van der Waals surface area contributed by atoms with E-state index in [0.29, 0.717) is 32.2 Å². The average Bonchev–Trinajstić information content (AvgIpc) is 2.70. The van der Waals surface area contributed by atoms with E-state index < -0.39 is 0 Å². The van der Waals surface area contributed by atoms with Crippen molar-refractivity contribution in [1.29, 1.82) is 0 Å². The molecule has 0 saturated carbocycles. The molecule has 5 heteroatoms. The number of carbonyl (C=O) groups is 3. The predicted octanol–water partition coefficient (Wildman–Crippen LogP) is 3.86. The van der Waals surface area contributed by atoms with Gasteiger partial charge in [-0.25, -0.2) is 0 Å². The van der Waals surface area contributed by atoms with Crippen molar-refractivity contribution < 1.29 is 19.1 Å². The van der Waals surface area contributed by atoms with Crippen molar-refractivity contribution in [1.82, 2.24) is 4.90 Å². The minimum Gasteiger partial charge on any atom is -0.469 e. The summed E-state index contributed by atoms with van der Waals surface area (Å²) in [6.07, 6.45) is 10.1. The van der Waals surface area contributed by atoms with E-state index >= 15 is 0 Å². The van der Waals surface area contributed by atoms with Gasteiger partial charge in [0.1, 0.15) is 5.78 Å². The number of hydrogen-bond acceptors (Lipinski definition) is 4. The summed E-state index contributed by atoms with van der Waals surface area (Å²) in [4.78, 5) is 37.6. The summed E-state index contributed by atoms with van der Waals surface area (Å²) in [6, 6.07) is 9.92. The van der Waals surface area contributed by atoms with E-state index in [-0.39, 0.29) is 23.7 Å². The fourth-order valence-corrected chi connectivity index (χ4v) is 3.55. The smallest absolute Gasteiger partial charge is 0.305 e.